The zero-order valence-corrected chi connectivity index (χ0v) is 13.2. The van der Waals surface area contributed by atoms with Crippen molar-refractivity contribution >= 4 is 27.9 Å². The van der Waals surface area contributed by atoms with Gasteiger partial charge in [-0.25, -0.2) is 13.1 Å². The molecular formula is C15H16N4O3S. The van der Waals surface area contributed by atoms with E-state index in [0.717, 1.165) is 11.3 Å². The standard InChI is InChI=1S/C15H16N4O3S/c1-22-13-6-2-11(3-7-13)10-18-12-4-8-14(9-5-12)23(20,21)19-15(16)17/h2-10H,1H3,(H4,16,17,19)/b18-10+. The average molecular weight is 332 g/mol. The van der Waals surface area contributed by atoms with Gasteiger partial charge >= 0.3 is 0 Å². The number of nitrogens with one attached hydrogen (secondary N) is 2. The number of guanidine groups is 1. The molecule has 4 N–H and O–H groups in total. The first-order valence-corrected chi connectivity index (χ1v) is 8.04. The number of rotatable bonds is 5. The lowest BCUT2D eigenvalue weighted by atomic mass is 10.2. The lowest BCUT2D eigenvalue weighted by Gasteiger charge is -2.05. The molecule has 0 radical (unpaired) electrons. The summed E-state index contributed by atoms with van der Waals surface area (Å²) < 4.78 is 30.6. The van der Waals surface area contributed by atoms with E-state index in [2.05, 4.69) is 4.99 Å². The molecule has 0 saturated carbocycles. The van der Waals surface area contributed by atoms with Crippen LogP contribution in [0.5, 0.6) is 5.75 Å². The maximum Gasteiger partial charge on any atom is 0.264 e. The predicted molar refractivity (Wildman–Crippen MR) is 88.9 cm³/mol. The topological polar surface area (TPSA) is 118 Å². The van der Waals surface area contributed by atoms with Gasteiger partial charge in [0.05, 0.1) is 17.7 Å². The molecule has 0 heterocycles. The van der Waals surface area contributed by atoms with Gasteiger partial charge in [0.15, 0.2) is 5.96 Å². The highest BCUT2D eigenvalue weighted by Gasteiger charge is 2.13. The van der Waals surface area contributed by atoms with Gasteiger partial charge in [-0.15, -0.1) is 0 Å². The van der Waals surface area contributed by atoms with Crippen LogP contribution in [0, 0.1) is 5.41 Å². The van der Waals surface area contributed by atoms with Gasteiger partial charge in [0, 0.05) is 6.21 Å². The molecule has 0 fully saturated rings. The first-order chi connectivity index (χ1) is 10.9. The van der Waals surface area contributed by atoms with Crippen molar-refractivity contribution in [2.75, 3.05) is 7.11 Å². The number of ether oxygens (including phenoxy) is 1. The zero-order chi connectivity index (χ0) is 16.9. The van der Waals surface area contributed by atoms with Crippen LogP contribution in [0.1, 0.15) is 5.56 Å². The van der Waals surface area contributed by atoms with Gasteiger partial charge in [-0.2, -0.15) is 0 Å². The second kappa shape index (κ2) is 6.93. The fraction of sp³-hybridized carbons (Fsp3) is 0.0667. The van der Waals surface area contributed by atoms with E-state index in [-0.39, 0.29) is 4.90 Å². The van der Waals surface area contributed by atoms with Gasteiger partial charge in [-0.05, 0) is 54.1 Å². The number of nitrogens with two attached hydrogens (primary N) is 1. The van der Waals surface area contributed by atoms with E-state index in [1.165, 1.54) is 12.1 Å². The summed E-state index contributed by atoms with van der Waals surface area (Å²) in [5.74, 6) is 0.126. The second-order valence-corrected chi connectivity index (χ2v) is 6.23. The summed E-state index contributed by atoms with van der Waals surface area (Å²) in [6.07, 6.45) is 1.66. The fourth-order valence-electron chi connectivity index (χ4n) is 1.75. The fourth-order valence-corrected chi connectivity index (χ4v) is 2.66. The van der Waals surface area contributed by atoms with E-state index in [1.807, 2.05) is 29.0 Å². The third-order valence-electron chi connectivity index (χ3n) is 2.87. The Morgan fingerprint density at radius 3 is 2.30 bits per heavy atom. The van der Waals surface area contributed by atoms with Crippen LogP contribution in [0.2, 0.25) is 0 Å². The summed E-state index contributed by atoms with van der Waals surface area (Å²) in [7, 11) is -2.22. The Bertz CT molecular complexity index is 813. The molecule has 0 atom stereocenters. The van der Waals surface area contributed by atoms with Crippen LogP contribution in [0.4, 0.5) is 5.69 Å². The number of benzene rings is 2. The Balaban J connectivity index is 2.13. The second-order valence-electron chi connectivity index (χ2n) is 4.54. The molecule has 0 spiro atoms. The molecule has 8 heteroatoms. The number of aliphatic imine (C=N–C) groups is 1. The molecule has 7 nitrogen and oxygen atoms in total. The Morgan fingerprint density at radius 1 is 1.17 bits per heavy atom. The molecule has 0 aliphatic heterocycles. The summed E-state index contributed by atoms with van der Waals surface area (Å²) in [4.78, 5) is 4.28. The first kappa shape index (κ1) is 16.5. The smallest absolute Gasteiger partial charge is 0.264 e. The van der Waals surface area contributed by atoms with Crippen molar-refractivity contribution in [3.8, 4) is 5.75 Å². The lowest BCUT2D eigenvalue weighted by molar-refractivity contribution is 0.415. The van der Waals surface area contributed by atoms with Crippen molar-refractivity contribution in [3.05, 3.63) is 54.1 Å². The summed E-state index contributed by atoms with van der Waals surface area (Å²) >= 11 is 0. The van der Waals surface area contributed by atoms with E-state index in [1.54, 1.807) is 25.5 Å². The highest BCUT2D eigenvalue weighted by atomic mass is 32.2. The quantitative estimate of drug-likeness (QED) is 0.569. The molecule has 23 heavy (non-hydrogen) atoms. The zero-order valence-electron chi connectivity index (χ0n) is 12.4. The van der Waals surface area contributed by atoms with Crippen molar-refractivity contribution in [2.45, 2.75) is 4.90 Å². The van der Waals surface area contributed by atoms with Crippen LogP contribution in [0.25, 0.3) is 0 Å². The maximum atomic E-state index is 11.8. The van der Waals surface area contributed by atoms with Crippen molar-refractivity contribution in [1.82, 2.24) is 4.72 Å². The molecule has 0 aliphatic rings. The molecule has 0 amide bonds. The Kier molecular flexibility index (Phi) is 4.97. The summed E-state index contributed by atoms with van der Waals surface area (Å²) in [5, 5.41) is 6.99. The largest absolute Gasteiger partial charge is 0.497 e. The summed E-state index contributed by atoms with van der Waals surface area (Å²) in [6, 6.07) is 13.3. The van der Waals surface area contributed by atoms with Crippen LogP contribution in [0.15, 0.2) is 58.4 Å². The van der Waals surface area contributed by atoms with E-state index >= 15 is 0 Å². The van der Waals surface area contributed by atoms with Gasteiger partial charge in [0.1, 0.15) is 5.75 Å². The van der Waals surface area contributed by atoms with Crippen LogP contribution in [-0.2, 0) is 10.0 Å². The molecule has 0 saturated heterocycles. The molecule has 120 valence electrons. The third-order valence-corrected chi connectivity index (χ3v) is 4.25. The Labute approximate surface area is 134 Å². The monoisotopic (exact) mass is 332 g/mol. The van der Waals surface area contributed by atoms with E-state index < -0.39 is 16.0 Å². The summed E-state index contributed by atoms with van der Waals surface area (Å²) in [5.41, 5.74) is 6.53. The van der Waals surface area contributed by atoms with E-state index in [4.69, 9.17) is 15.9 Å². The Morgan fingerprint density at radius 2 is 1.78 bits per heavy atom. The molecule has 0 aliphatic carbocycles. The minimum absolute atomic E-state index is 0.0103. The third kappa shape index (κ3) is 4.55. The van der Waals surface area contributed by atoms with E-state index in [9.17, 15) is 8.42 Å². The highest BCUT2D eigenvalue weighted by Crippen LogP contribution is 2.17. The molecule has 0 bridgehead atoms. The Hall–Kier alpha value is -2.87. The predicted octanol–water partition coefficient (Wildman–Crippen LogP) is 1.62. The van der Waals surface area contributed by atoms with Crippen LogP contribution < -0.4 is 15.2 Å². The van der Waals surface area contributed by atoms with Crippen molar-refractivity contribution in [3.63, 3.8) is 0 Å². The molecule has 2 rings (SSSR count). The van der Waals surface area contributed by atoms with Crippen molar-refractivity contribution < 1.29 is 13.2 Å². The first-order valence-electron chi connectivity index (χ1n) is 6.56. The van der Waals surface area contributed by atoms with E-state index in [0.29, 0.717) is 5.69 Å². The maximum absolute atomic E-state index is 11.8. The van der Waals surface area contributed by atoms with Crippen molar-refractivity contribution in [1.29, 1.82) is 5.41 Å². The lowest BCUT2D eigenvalue weighted by Crippen LogP contribution is -2.35. The van der Waals surface area contributed by atoms with Gasteiger partial charge in [-0.1, -0.05) is 0 Å². The number of sulfonamides is 1. The van der Waals surface area contributed by atoms with Gasteiger partial charge < -0.3 is 10.5 Å². The minimum Gasteiger partial charge on any atom is -0.497 e. The minimum atomic E-state index is -3.82. The summed E-state index contributed by atoms with van der Waals surface area (Å²) in [6.45, 7) is 0. The normalized spacial score (nSPS) is 11.3. The van der Waals surface area contributed by atoms with Crippen molar-refractivity contribution in [2.24, 2.45) is 10.7 Å². The highest BCUT2D eigenvalue weighted by molar-refractivity contribution is 7.90. The van der Waals surface area contributed by atoms with Gasteiger partial charge in [-0.3, -0.25) is 10.4 Å². The molecule has 0 aromatic heterocycles. The number of methoxy groups -OCH3 is 1. The van der Waals surface area contributed by atoms with Gasteiger partial charge in [0.25, 0.3) is 10.0 Å². The number of hydrogen-bond acceptors (Lipinski definition) is 5. The van der Waals surface area contributed by atoms with Crippen LogP contribution >= 0.6 is 0 Å². The number of hydrogen-bond donors (Lipinski definition) is 3. The average Bonchev–Trinajstić information content (AvgIpc) is 2.52. The molecule has 0 unspecified atom stereocenters. The molecular weight excluding hydrogens is 316 g/mol. The SMILES string of the molecule is COc1ccc(/C=N/c2ccc(S(=O)(=O)NC(=N)N)cc2)cc1. The molecule has 2 aromatic rings. The van der Waals surface area contributed by atoms with Crippen LogP contribution in [-0.4, -0.2) is 27.7 Å². The number of nitrogens with zero attached hydrogens (tertiary/aromatic N) is 1. The molecule has 2 aromatic carbocycles. The van der Waals surface area contributed by atoms with Gasteiger partial charge in [0.2, 0.25) is 0 Å². The van der Waals surface area contributed by atoms with Crippen LogP contribution in [0.3, 0.4) is 0 Å².